The molecular formula is C13H22N2O. The van der Waals surface area contributed by atoms with Crippen molar-refractivity contribution in [2.45, 2.75) is 39.8 Å². The van der Waals surface area contributed by atoms with E-state index in [1.165, 1.54) is 0 Å². The molecule has 16 heavy (non-hydrogen) atoms. The third-order valence-corrected chi connectivity index (χ3v) is 2.54. The summed E-state index contributed by atoms with van der Waals surface area (Å²) in [4.78, 5) is 4.24. The van der Waals surface area contributed by atoms with Crippen LogP contribution in [0.4, 0.5) is 0 Å². The molecule has 1 atom stereocenters. The first kappa shape index (κ1) is 13.1. The molecule has 0 spiro atoms. The summed E-state index contributed by atoms with van der Waals surface area (Å²) in [5.41, 5.74) is 2.19. The zero-order valence-corrected chi connectivity index (χ0v) is 10.4. The minimum atomic E-state index is 0.182. The molecular weight excluding hydrogens is 200 g/mol. The average molecular weight is 222 g/mol. The van der Waals surface area contributed by atoms with E-state index in [1.807, 2.05) is 19.2 Å². The van der Waals surface area contributed by atoms with Gasteiger partial charge in [-0.05, 0) is 30.9 Å². The molecule has 1 aromatic rings. The van der Waals surface area contributed by atoms with E-state index in [1.54, 1.807) is 0 Å². The second kappa shape index (κ2) is 6.61. The van der Waals surface area contributed by atoms with Gasteiger partial charge in [-0.15, -0.1) is 0 Å². The van der Waals surface area contributed by atoms with E-state index in [0.717, 1.165) is 24.2 Å². The smallest absolute Gasteiger partial charge is 0.0584 e. The summed E-state index contributed by atoms with van der Waals surface area (Å²) in [6, 6.07) is 4.26. The summed E-state index contributed by atoms with van der Waals surface area (Å²) in [7, 11) is 0. The summed E-state index contributed by atoms with van der Waals surface area (Å²) >= 11 is 0. The summed E-state index contributed by atoms with van der Waals surface area (Å²) in [5.74, 6) is 0.598. The minimum absolute atomic E-state index is 0.182. The molecule has 0 saturated carbocycles. The van der Waals surface area contributed by atoms with E-state index in [9.17, 15) is 5.11 Å². The van der Waals surface area contributed by atoms with Crippen molar-refractivity contribution in [3.63, 3.8) is 0 Å². The van der Waals surface area contributed by atoms with Crippen LogP contribution in [0.15, 0.2) is 18.3 Å². The molecule has 3 nitrogen and oxygen atoms in total. The van der Waals surface area contributed by atoms with Gasteiger partial charge in [-0.1, -0.05) is 19.9 Å². The van der Waals surface area contributed by atoms with Crippen molar-refractivity contribution in [2.75, 3.05) is 6.61 Å². The Labute approximate surface area is 97.9 Å². The third-order valence-electron chi connectivity index (χ3n) is 2.54. The number of nitrogens with one attached hydrogen (secondary N) is 1. The molecule has 0 aromatic carbocycles. The number of aliphatic hydroxyl groups excluding tert-OH is 1. The van der Waals surface area contributed by atoms with Crippen molar-refractivity contribution in [2.24, 2.45) is 5.92 Å². The molecule has 0 amide bonds. The van der Waals surface area contributed by atoms with Crippen LogP contribution in [0.2, 0.25) is 0 Å². The highest BCUT2D eigenvalue weighted by molar-refractivity contribution is 5.12. The van der Waals surface area contributed by atoms with E-state index in [4.69, 9.17) is 0 Å². The number of aromatic nitrogens is 1. The largest absolute Gasteiger partial charge is 0.395 e. The highest BCUT2D eigenvalue weighted by atomic mass is 16.3. The Bertz CT molecular complexity index is 295. The van der Waals surface area contributed by atoms with Crippen LogP contribution in [0.3, 0.4) is 0 Å². The topological polar surface area (TPSA) is 45.1 Å². The lowest BCUT2D eigenvalue weighted by atomic mass is 10.0. The zero-order chi connectivity index (χ0) is 12.0. The quantitative estimate of drug-likeness (QED) is 0.772. The number of rotatable bonds is 6. The van der Waals surface area contributed by atoms with E-state index in [-0.39, 0.29) is 12.6 Å². The van der Waals surface area contributed by atoms with E-state index in [0.29, 0.717) is 5.92 Å². The van der Waals surface area contributed by atoms with Gasteiger partial charge >= 0.3 is 0 Å². The number of hydrogen-bond acceptors (Lipinski definition) is 3. The van der Waals surface area contributed by atoms with Gasteiger partial charge in [-0.3, -0.25) is 4.98 Å². The number of aliphatic hydroxyl groups is 1. The van der Waals surface area contributed by atoms with Crippen LogP contribution in [0, 0.1) is 12.8 Å². The van der Waals surface area contributed by atoms with Crippen LogP contribution >= 0.6 is 0 Å². The molecule has 0 aliphatic rings. The molecule has 0 aliphatic carbocycles. The minimum Gasteiger partial charge on any atom is -0.395 e. The van der Waals surface area contributed by atoms with Crippen molar-refractivity contribution >= 4 is 0 Å². The van der Waals surface area contributed by atoms with Gasteiger partial charge in [0.1, 0.15) is 0 Å². The van der Waals surface area contributed by atoms with Gasteiger partial charge in [0.2, 0.25) is 0 Å². The van der Waals surface area contributed by atoms with Crippen LogP contribution in [-0.2, 0) is 6.54 Å². The number of pyridine rings is 1. The highest BCUT2D eigenvalue weighted by Gasteiger charge is 2.08. The van der Waals surface area contributed by atoms with Gasteiger partial charge in [0, 0.05) is 24.5 Å². The Morgan fingerprint density at radius 1 is 1.38 bits per heavy atom. The predicted octanol–water partition coefficient (Wildman–Crippen LogP) is 1.89. The first-order valence-electron chi connectivity index (χ1n) is 5.87. The van der Waals surface area contributed by atoms with E-state index in [2.05, 4.69) is 30.2 Å². The van der Waals surface area contributed by atoms with Gasteiger partial charge in [-0.25, -0.2) is 0 Å². The van der Waals surface area contributed by atoms with Crippen molar-refractivity contribution in [1.29, 1.82) is 0 Å². The fraction of sp³-hybridized carbons (Fsp3) is 0.615. The zero-order valence-electron chi connectivity index (χ0n) is 10.4. The number of nitrogens with zero attached hydrogens (tertiary/aromatic N) is 1. The molecule has 1 rings (SSSR count). The standard InChI is InChI=1S/C13H22N2O/c1-10(2)6-13(9-16)15-8-12-5-4-11(3)14-7-12/h4-5,7,10,13,15-16H,6,8-9H2,1-3H3. The predicted molar refractivity (Wildman–Crippen MR) is 66.1 cm³/mol. The van der Waals surface area contributed by atoms with Crippen LogP contribution < -0.4 is 5.32 Å². The summed E-state index contributed by atoms with van der Waals surface area (Å²) in [6.45, 7) is 7.27. The molecule has 0 fully saturated rings. The summed E-state index contributed by atoms with van der Waals surface area (Å²) in [6.07, 6.45) is 2.88. The monoisotopic (exact) mass is 222 g/mol. The molecule has 0 aliphatic heterocycles. The Hall–Kier alpha value is -0.930. The second-order valence-corrected chi connectivity index (χ2v) is 4.70. The number of aryl methyl sites for hydroxylation is 1. The fourth-order valence-corrected chi connectivity index (χ4v) is 1.66. The van der Waals surface area contributed by atoms with Crippen molar-refractivity contribution in [3.8, 4) is 0 Å². The molecule has 2 N–H and O–H groups in total. The van der Waals surface area contributed by atoms with E-state index < -0.39 is 0 Å². The lowest BCUT2D eigenvalue weighted by molar-refractivity contribution is 0.223. The van der Waals surface area contributed by atoms with Gasteiger partial charge in [0.15, 0.2) is 0 Å². The number of hydrogen-bond donors (Lipinski definition) is 2. The van der Waals surface area contributed by atoms with Gasteiger partial charge in [0.25, 0.3) is 0 Å². The Morgan fingerprint density at radius 3 is 2.62 bits per heavy atom. The van der Waals surface area contributed by atoms with E-state index >= 15 is 0 Å². The van der Waals surface area contributed by atoms with Crippen LogP contribution in [0.25, 0.3) is 0 Å². The molecule has 90 valence electrons. The van der Waals surface area contributed by atoms with Crippen molar-refractivity contribution in [1.82, 2.24) is 10.3 Å². The maximum atomic E-state index is 9.22. The lowest BCUT2D eigenvalue weighted by Crippen LogP contribution is -2.33. The molecule has 1 unspecified atom stereocenters. The Morgan fingerprint density at radius 2 is 2.12 bits per heavy atom. The maximum Gasteiger partial charge on any atom is 0.0584 e. The first-order valence-corrected chi connectivity index (χ1v) is 5.87. The van der Waals surface area contributed by atoms with Crippen LogP contribution in [-0.4, -0.2) is 22.7 Å². The third kappa shape index (κ3) is 4.73. The first-order chi connectivity index (χ1) is 7.61. The highest BCUT2D eigenvalue weighted by Crippen LogP contribution is 2.05. The summed E-state index contributed by atoms with van der Waals surface area (Å²) in [5, 5.41) is 12.6. The van der Waals surface area contributed by atoms with Crippen LogP contribution in [0.1, 0.15) is 31.5 Å². The Kier molecular flexibility index (Phi) is 5.43. The fourth-order valence-electron chi connectivity index (χ4n) is 1.66. The molecule has 0 bridgehead atoms. The van der Waals surface area contributed by atoms with Crippen LogP contribution in [0.5, 0.6) is 0 Å². The molecule has 0 saturated heterocycles. The average Bonchev–Trinajstić information content (AvgIpc) is 2.26. The maximum absolute atomic E-state index is 9.22. The molecule has 1 aromatic heterocycles. The Balaban J connectivity index is 2.40. The van der Waals surface area contributed by atoms with Gasteiger partial charge in [-0.2, -0.15) is 0 Å². The van der Waals surface area contributed by atoms with Gasteiger partial charge < -0.3 is 10.4 Å². The second-order valence-electron chi connectivity index (χ2n) is 4.70. The molecule has 0 radical (unpaired) electrons. The normalized spacial score (nSPS) is 13.1. The van der Waals surface area contributed by atoms with Gasteiger partial charge in [0.05, 0.1) is 6.61 Å². The van der Waals surface area contributed by atoms with Crippen molar-refractivity contribution in [3.05, 3.63) is 29.6 Å². The van der Waals surface area contributed by atoms with Crippen molar-refractivity contribution < 1.29 is 5.11 Å². The molecule has 3 heteroatoms. The SMILES string of the molecule is Cc1ccc(CNC(CO)CC(C)C)cn1. The summed E-state index contributed by atoms with van der Waals surface area (Å²) < 4.78 is 0. The molecule has 1 heterocycles. The lowest BCUT2D eigenvalue weighted by Gasteiger charge is -2.18.